The molecule has 3 N–H and O–H groups in total. The topological polar surface area (TPSA) is 156 Å². The molecule has 5 aromatic rings. The van der Waals surface area contributed by atoms with Crippen LogP contribution in [0.1, 0.15) is 132 Å². The number of carbonyl (C=O) groups excluding carboxylic acids is 3. The van der Waals surface area contributed by atoms with E-state index in [2.05, 4.69) is 79.8 Å². The molecule has 4 aliphatic rings. The summed E-state index contributed by atoms with van der Waals surface area (Å²) in [7, 11) is 1.31. The number of rotatable bonds is 11. The fourth-order valence-electron chi connectivity index (χ4n) is 10.4. The Morgan fingerprint density at radius 1 is 0.726 bits per heavy atom. The van der Waals surface area contributed by atoms with Gasteiger partial charge in [0.15, 0.2) is 0 Å². The van der Waals surface area contributed by atoms with Crippen LogP contribution in [0.25, 0.3) is 22.1 Å². The lowest BCUT2D eigenvalue weighted by Gasteiger charge is -2.34. The van der Waals surface area contributed by atoms with Crippen molar-refractivity contribution in [2.45, 2.75) is 116 Å². The number of hydrogen-bond donors (Lipinski definition) is 3. The van der Waals surface area contributed by atoms with E-state index in [0.29, 0.717) is 6.54 Å². The highest BCUT2D eigenvalue weighted by Gasteiger charge is 2.39. The van der Waals surface area contributed by atoms with Gasteiger partial charge in [0.25, 0.3) is 0 Å². The Morgan fingerprint density at radius 2 is 1.32 bits per heavy atom. The Morgan fingerprint density at radius 3 is 1.87 bits per heavy atom. The SMILES string of the molecule is COC(=O)N[C@H](C(=O)N1CCC[C@H]1c1nc2ccc([C@@H]3CC[C@@H](c4ccc5nc([C@@H]6CCCN6C(=O)[CH]C(C)C)[nH]c5c4)N3c3ccc(N4CCCCC4)nc3)cc2[nH]1)C(C)C. The number of nitrogens with zero attached hydrogens (tertiary/aromatic N) is 7. The number of aromatic amines is 2. The Bertz CT molecular complexity index is 2400. The molecule has 3 amide bonds. The van der Waals surface area contributed by atoms with Crippen molar-refractivity contribution >= 4 is 51.5 Å². The molecule has 0 aliphatic carbocycles. The van der Waals surface area contributed by atoms with Gasteiger partial charge in [0.05, 0.1) is 71.6 Å². The van der Waals surface area contributed by atoms with Gasteiger partial charge in [-0.05, 0) is 117 Å². The maximum atomic E-state index is 13.9. The summed E-state index contributed by atoms with van der Waals surface area (Å²) >= 11 is 0. The van der Waals surface area contributed by atoms with E-state index in [4.69, 9.17) is 19.7 Å². The lowest BCUT2D eigenvalue weighted by atomic mass is 10.0. The number of likely N-dealkylation sites (tertiary alicyclic amines) is 2. The fraction of sp³-hybridized carbons (Fsp3) is 0.521. The van der Waals surface area contributed by atoms with Gasteiger partial charge in [-0.15, -0.1) is 0 Å². The number of carbonyl (C=O) groups is 3. The Labute approximate surface area is 364 Å². The molecule has 2 aromatic carbocycles. The minimum atomic E-state index is -0.693. The third kappa shape index (κ3) is 8.20. The van der Waals surface area contributed by atoms with Crippen molar-refractivity contribution in [3.05, 3.63) is 83.9 Å². The second kappa shape index (κ2) is 17.6. The molecule has 7 heterocycles. The number of fused-ring (bicyclic) bond motifs is 2. The molecule has 0 unspecified atom stereocenters. The van der Waals surface area contributed by atoms with E-state index in [-0.39, 0.29) is 47.8 Å². The predicted octanol–water partition coefficient (Wildman–Crippen LogP) is 8.48. The summed E-state index contributed by atoms with van der Waals surface area (Å²) < 4.78 is 4.84. The van der Waals surface area contributed by atoms with Crippen molar-refractivity contribution in [2.75, 3.05) is 43.1 Å². The van der Waals surface area contributed by atoms with Crippen molar-refractivity contribution < 1.29 is 19.1 Å². The van der Waals surface area contributed by atoms with Crippen LogP contribution in [0.3, 0.4) is 0 Å². The number of pyridine rings is 1. The van der Waals surface area contributed by atoms with Gasteiger partial charge < -0.3 is 39.6 Å². The predicted molar refractivity (Wildman–Crippen MR) is 240 cm³/mol. The highest BCUT2D eigenvalue weighted by molar-refractivity contribution is 5.87. The van der Waals surface area contributed by atoms with Crippen molar-refractivity contribution in [2.24, 2.45) is 11.8 Å². The van der Waals surface area contributed by atoms with Crippen LogP contribution in [0, 0.1) is 18.3 Å². The molecule has 0 spiro atoms. The first-order valence-electron chi connectivity index (χ1n) is 22.8. The third-order valence-corrected chi connectivity index (χ3v) is 13.5. The Balaban J connectivity index is 1.02. The smallest absolute Gasteiger partial charge is 0.407 e. The number of methoxy groups -OCH3 is 1. The van der Waals surface area contributed by atoms with Crippen molar-refractivity contribution in [1.29, 1.82) is 0 Å². The normalized spacial score (nSPS) is 22.4. The molecule has 1 radical (unpaired) electrons. The number of imidazole rings is 2. The summed E-state index contributed by atoms with van der Waals surface area (Å²) in [4.78, 5) is 70.3. The maximum absolute atomic E-state index is 13.9. The summed E-state index contributed by atoms with van der Waals surface area (Å²) in [6.45, 7) is 11.4. The molecule has 5 atom stereocenters. The first-order valence-corrected chi connectivity index (χ1v) is 22.8. The molecule has 3 aromatic heterocycles. The van der Waals surface area contributed by atoms with Crippen LogP contribution in [0.15, 0.2) is 54.7 Å². The third-order valence-electron chi connectivity index (χ3n) is 13.5. The molecular formula is C48H61N10O4. The van der Waals surface area contributed by atoms with Gasteiger partial charge in [0, 0.05) is 26.2 Å². The largest absolute Gasteiger partial charge is 0.453 e. The molecule has 4 saturated heterocycles. The molecule has 0 bridgehead atoms. The van der Waals surface area contributed by atoms with Gasteiger partial charge in [-0.3, -0.25) is 9.59 Å². The summed E-state index contributed by atoms with van der Waals surface area (Å²) in [6.07, 6.45) is 12.3. The van der Waals surface area contributed by atoms with E-state index < -0.39 is 12.1 Å². The number of hydrogen-bond acceptors (Lipinski definition) is 9. The monoisotopic (exact) mass is 841 g/mol. The number of anilines is 2. The Kier molecular flexibility index (Phi) is 11.8. The lowest BCUT2D eigenvalue weighted by Crippen LogP contribution is -2.51. The molecule has 327 valence electrons. The highest BCUT2D eigenvalue weighted by atomic mass is 16.5. The van der Waals surface area contributed by atoms with E-state index in [1.807, 2.05) is 43.9 Å². The van der Waals surface area contributed by atoms with E-state index >= 15 is 0 Å². The molecule has 4 aliphatic heterocycles. The van der Waals surface area contributed by atoms with Crippen molar-refractivity contribution in [1.82, 2.24) is 40.0 Å². The van der Waals surface area contributed by atoms with Crippen LogP contribution in [-0.4, -0.2) is 92.0 Å². The average molecular weight is 842 g/mol. The van der Waals surface area contributed by atoms with Gasteiger partial charge in [0.1, 0.15) is 23.5 Å². The Hall–Kier alpha value is -5.66. The molecule has 62 heavy (non-hydrogen) atoms. The molecule has 9 rings (SSSR count). The summed E-state index contributed by atoms with van der Waals surface area (Å²) in [5, 5.41) is 2.75. The van der Waals surface area contributed by atoms with Crippen molar-refractivity contribution in [3.63, 3.8) is 0 Å². The van der Waals surface area contributed by atoms with Crippen LogP contribution in [0.4, 0.5) is 16.3 Å². The van der Waals surface area contributed by atoms with E-state index in [1.165, 1.54) is 37.5 Å². The van der Waals surface area contributed by atoms with Crippen LogP contribution >= 0.6 is 0 Å². The molecule has 14 heteroatoms. The zero-order valence-electron chi connectivity index (χ0n) is 36.8. The number of nitrogens with one attached hydrogen (secondary N) is 3. The number of piperidine rings is 1. The number of alkyl carbamates (subject to hydrolysis) is 1. The number of amides is 3. The second-order valence-corrected chi connectivity index (χ2v) is 18.4. The average Bonchev–Trinajstić information content (AvgIpc) is 4.13. The van der Waals surface area contributed by atoms with Gasteiger partial charge in [-0.25, -0.2) is 19.7 Å². The van der Waals surface area contributed by atoms with Crippen molar-refractivity contribution in [3.8, 4) is 0 Å². The number of ether oxygens (including phenoxy) is 1. The lowest BCUT2D eigenvalue weighted by molar-refractivity contribution is -0.135. The molecule has 0 saturated carbocycles. The van der Waals surface area contributed by atoms with Gasteiger partial charge >= 0.3 is 6.09 Å². The molecular weight excluding hydrogens is 781 g/mol. The number of benzene rings is 2. The van der Waals surface area contributed by atoms with E-state index in [9.17, 15) is 14.4 Å². The summed E-state index contributed by atoms with van der Waals surface area (Å²) in [6, 6.07) is 16.7. The van der Waals surface area contributed by atoms with Gasteiger partial charge in [-0.1, -0.05) is 39.8 Å². The molecule has 14 nitrogen and oxygen atoms in total. The van der Waals surface area contributed by atoms with E-state index in [1.54, 1.807) is 0 Å². The van der Waals surface area contributed by atoms with Crippen LogP contribution in [0.5, 0.6) is 0 Å². The minimum Gasteiger partial charge on any atom is -0.453 e. The summed E-state index contributed by atoms with van der Waals surface area (Å²) in [5.41, 5.74) is 7.16. The molecule has 4 fully saturated rings. The highest BCUT2D eigenvalue weighted by Crippen LogP contribution is 2.48. The van der Waals surface area contributed by atoms with Crippen LogP contribution in [-0.2, 0) is 14.3 Å². The quantitative estimate of drug-likeness (QED) is 0.119. The first kappa shape index (κ1) is 41.7. The number of aromatic nitrogens is 5. The second-order valence-electron chi connectivity index (χ2n) is 18.4. The zero-order valence-corrected chi connectivity index (χ0v) is 36.8. The number of H-pyrrole nitrogens is 2. The fourth-order valence-corrected chi connectivity index (χ4v) is 10.4. The zero-order chi connectivity index (χ0) is 43.1. The first-order chi connectivity index (χ1) is 30.1. The van der Waals surface area contributed by atoms with Gasteiger partial charge in [0.2, 0.25) is 11.8 Å². The van der Waals surface area contributed by atoms with Crippen LogP contribution < -0.4 is 15.1 Å². The van der Waals surface area contributed by atoms with Gasteiger partial charge in [-0.2, -0.15) is 0 Å². The van der Waals surface area contributed by atoms with E-state index in [0.717, 1.165) is 103 Å². The van der Waals surface area contributed by atoms with Crippen LogP contribution in [0.2, 0.25) is 0 Å². The standard InChI is InChI=1S/C48H61N10O4/c1-29(2)25-43(59)56-23-9-11-40(56)45-50-34-16-13-31(26-36(34)52-45)38-18-19-39(58(38)33-15-20-42(49-28-33)55-21-7-6-8-22-55)32-14-17-35-37(27-32)53-46(51-35)41-12-10-24-57(41)47(60)44(30(3)4)54-48(61)62-5/h13-17,20,25-30,38-41,44H,6-12,18-19,21-24H2,1-5H3,(H,50,52)(H,51,53)(H,54,61)/t38-,39-,40-,41-,44-/m0/s1. The maximum Gasteiger partial charge on any atom is 0.407 e. The minimum absolute atomic E-state index is 0.0547. The summed E-state index contributed by atoms with van der Waals surface area (Å²) in [5.74, 6) is 2.69.